The van der Waals surface area contributed by atoms with E-state index < -0.39 is 23.7 Å². The van der Waals surface area contributed by atoms with E-state index in [4.69, 9.17) is 4.74 Å². The first-order chi connectivity index (χ1) is 16.7. The molecule has 4 rings (SSSR count). The number of carboxylic acids is 1. The van der Waals surface area contributed by atoms with Crippen LogP contribution in [0.3, 0.4) is 0 Å². The van der Waals surface area contributed by atoms with Crippen molar-refractivity contribution in [3.05, 3.63) is 59.7 Å². The molecule has 9 heteroatoms. The first-order valence-corrected chi connectivity index (χ1v) is 11.7. The van der Waals surface area contributed by atoms with E-state index in [2.05, 4.69) is 17.4 Å². The highest BCUT2D eigenvalue weighted by Crippen LogP contribution is 2.44. The Morgan fingerprint density at radius 1 is 1.06 bits per heavy atom. The van der Waals surface area contributed by atoms with Crippen molar-refractivity contribution in [3.63, 3.8) is 0 Å². The van der Waals surface area contributed by atoms with E-state index in [1.165, 1.54) is 4.90 Å². The number of nitrogens with zero attached hydrogens (tertiary/aromatic N) is 2. The van der Waals surface area contributed by atoms with Gasteiger partial charge in [-0.25, -0.2) is 9.59 Å². The number of fused-ring (bicyclic) bond motifs is 3. The number of likely N-dealkylation sites (tertiary alicyclic amines) is 1. The minimum Gasteiger partial charge on any atom is -0.479 e. The molecule has 2 aromatic carbocycles. The van der Waals surface area contributed by atoms with E-state index >= 15 is 0 Å². The number of carboxylic acid groups (broad SMARTS) is 1. The van der Waals surface area contributed by atoms with Crippen LogP contribution in [0.25, 0.3) is 11.1 Å². The molecule has 0 radical (unpaired) electrons. The lowest BCUT2D eigenvalue weighted by atomic mass is 9.91. The summed E-state index contributed by atoms with van der Waals surface area (Å²) in [7, 11) is 3.58. The average molecular weight is 482 g/mol. The van der Waals surface area contributed by atoms with Crippen molar-refractivity contribution in [1.29, 1.82) is 0 Å². The van der Waals surface area contributed by atoms with Crippen LogP contribution in [0.4, 0.5) is 4.79 Å². The Kier molecular flexibility index (Phi) is 7.09. The molecule has 2 aromatic rings. The Balaban J connectivity index is 1.40. The van der Waals surface area contributed by atoms with Crippen LogP contribution in [0, 0.1) is 0 Å². The van der Waals surface area contributed by atoms with Gasteiger partial charge in [0.1, 0.15) is 12.6 Å². The van der Waals surface area contributed by atoms with Crippen LogP contribution in [-0.2, 0) is 14.3 Å². The number of ether oxygens (including phenoxy) is 1. The largest absolute Gasteiger partial charge is 0.479 e. The fourth-order valence-corrected chi connectivity index (χ4v) is 4.86. The van der Waals surface area contributed by atoms with E-state index in [0.717, 1.165) is 22.3 Å². The van der Waals surface area contributed by atoms with Gasteiger partial charge in [0.15, 0.2) is 5.60 Å². The molecule has 3 N–H and O–H groups in total. The van der Waals surface area contributed by atoms with Crippen LogP contribution in [0.15, 0.2) is 48.5 Å². The Morgan fingerprint density at radius 3 is 2.11 bits per heavy atom. The predicted molar refractivity (Wildman–Crippen MR) is 129 cm³/mol. The highest BCUT2D eigenvalue weighted by Gasteiger charge is 2.41. The summed E-state index contributed by atoms with van der Waals surface area (Å²) in [5.41, 5.74) is 2.63. The molecule has 2 aliphatic rings. The molecule has 1 atom stereocenters. The molecule has 0 saturated carbocycles. The molecule has 1 aliphatic carbocycles. The van der Waals surface area contributed by atoms with Gasteiger partial charge in [0.25, 0.3) is 0 Å². The summed E-state index contributed by atoms with van der Waals surface area (Å²) in [6.07, 6.45) is -0.812. The highest BCUT2D eigenvalue weighted by molar-refractivity contribution is 5.87. The molecule has 0 aromatic heterocycles. The first-order valence-electron chi connectivity index (χ1n) is 11.7. The number of rotatable bonds is 7. The summed E-state index contributed by atoms with van der Waals surface area (Å²) < 4.78 is 5.60. The van der Waals surface area contributed by atoms with Gasteiger partial charge < -0.3 is 30.1 Å². The van der Waals surface area contributed by atoms with Crippen molar-refractivity contribution < 1.29 is 29.3 Å². The van der Waals surface area contributed by atoms with Gasteiger partial charge in [0.2, 0.25) is 5.91 Å². The second-order valence-corrected chi connectivity index (χ2v) is 9.45. The van der Waals surface area contributed by atoms with Crippen LogP contribution in [0.5, 0.6) is 0 Å². The molecule has 1 aliphatic heterocycles. The molecule has 186 valence electrons. The summed E-state index contributed by atoms with van der Waals surface area (Å²) in [6.45, 7) is 0.580. The van der Waals surface area contributed by atoms with Gasteiger partial charge in [-0.1, -0.05) is 48.5 Å². The second-order valence-electron chi connectivity index (χ2n) is 9.45. The molecule has 1 fully saturated rings. The third kappa shape index (κ3) is 5.16. The number of benzene rings is 2. The van der Waals surface area contributed by atoms with E-state index in [1.54, 1.807) is 19.0 Å². The third-order valence-electron chi connectivity index (χ3n) is 6.78. The van der Waals surface area contributed by atoms with E-state index in [9.17, 15) is 24.6 Å². The quantitative estimate of drug-likeness (QED) is 0.553. The summed E-state index contributed by atoms with van der Waals surface area (Å²) in [5, 5.41) is 22.1. The molecular formula is C26H31N3O6. The number of carbonyl (C=O) groups excluding carboxylic acids is 2. The lowest BCUT2D eigenvalue weighted by molar-refractivity contribution is -0.165. The molecule has 1 heterocycles. The Labute approximate surface area is 204 Å². The van der Waals surface area contributed by atoms with Crippen molar-refractivity contribution in [1.82, 2.24) is 15.1 Å². The maximum atomic E-state index is 13.1. The Morgan fingerprint density at radius 2 is 1.60 bits per heavy atom. The highest BCUT2D eigenvalue weighted by atomic mass is 16.5. The zero-order valence-electron chi connectivity index (χ0n) is 19.9. The Bertz CT molecular complexity index is 1060. The summed E-state index contributed by atoms with van der Waals surface area (Å²) in [4.78, 5) is 40.4. The Hall–Kier alpha value is -3.43. The first kappa shape index (κ1) is 24.7. The van der Waals surface area contributed by atoms with Crippen LogP contribution < -0.4 is 5.32 Å². The second kappa shape index (κ2) is 10.1. The van der Waals surface area contributed by atoms with E-state index in [0.29, 0.717) is 0 Å². The van der Waals surface area contributed by atoms with Crippen molar-refractivity contribution >= 4 is 18.0 Å². The fraction of sp³-hybridized carbons (Fsp3) is 0.423. The minimum atomic E-state index is -1.83. The van der Waals surface area contributed by atoms with Crippen LogP contribution in [0.1, 0.15) is 29.9 Å². The standard InChI is InChI=1S/C26H31N3O6/c1-28(2)15-22(23(30)29-13-11-26(34,12-14-29)24(31)32)27-25(33)35-16-21-19-9-5-3-7-17(19)18-8-4-6-10-20(18)21/h3-10,21-22,34H,11-16H2,1-2H3,(H,27,33)(H,31,32). The topological polar surface area (TPSA) is 119 Å². The van der Waals surface area contributed by atoms with Crippen molar-refractivity contribution in [2.45, 2.75) is 30.4 Å². The maximum Gasteiger partial charge on any atom is 0.407 e. The average Bonchev–Trinajstić information content (AvgIpc) is 3.16. The molecule has 9 nitrogen and oxygen atoms in total. The van der Waals surface area contributed by atoms with Crippen LogP contribution >= 0.6 is 0 Å². The number of carbonyl (C=O) groups is 3. The number of aliphatic hydroxyl groups is 1. The van der Waals surface area contributed by atoms with Gasteiger partial charge in [-0.15, -0.1) is 0 Å². The zero-order chi connectivity index (χ0) is 25.2. The lowest BCUT2D eigenvalue weighted by Gasteiger charge is -2.37. The van der Waals surface area contributed by atoms with Crippen LogP contribution in [-0.4, -0.2) is 90.0 Å². The molecule has 35 heavy (non-hydrogen) atoms. The van der Waals surface area contributed by atoms with Gasteiger partial charge in [-0.2, -0.15) is 0 Å². The van der Waals surface area contributed by atoms with E-state index in [-0.39, 0.29) is 50.9 Å². The van der Waals surface area contributed by atoms with Gasteiger partial charge in [0, 0.05) is 38.4 Å². The number of alkyl carbamates (subject to hydrolysis) is 1. The van der Waals surface area contributed by atoms with Gasteiger partial charge in [0.05, 0.1) is 0 Å². The number of hydrogen-bond donors (Lipinski definition) is 3. The zero-order valence-corrected chi connectivity index (χ0v) is 19.9. The minimum absolute atomic E-state index is 0.0618. The monoisotopic (exact) mass is 481 g/mol. The van der Waals surface area contributed by atoms with E-state index in [1.807, 2.05) is 36.4 Å². The van der Waals surface area contributed by atoms with Crippen LogP contribution in [0.2, 0.25) is 0 Å². The fourth-order valence-electron chi connectivity index (χ4n) is 4.86. The number of piperidine rings is 1. The third-order valence-corrected chi connectivity index (χ3v) is 6.78. The number of aliphatic carboxylic acids is 1. The van der Waals surface area contributed by atoms with Crippen molar-refractivity contribution in [3.8, 4) is 11.1 Å². The molecule has 0 bridgehead atoms. The summed E-state index contributed by atoms with van der Waals surface area (Å²) in [5.74, 6) is -1.71. The van der Waals surface area contributed by atoms with Gasteiger partial charge in [-0.3, -0.25) is 4.79 Å². The van der Waals surface area contributed by atoms with Crippen molar-refractivity contribution in [2.24, 2.45) is 0 Å². The SMILES string of the molecule is CN(C)CC(NC(=O)OCC1c2ccccc2-c2ccccc21)C(=O)N1CCC(O)(C(=O)O)CC1. The number of hydrogen-bond acceptors (Lipinski definition) is 6. The normalized spacial score (nSPS) is 17.4. The van der Waals surface area contributed by atoms with Gasteiger partial charge >= 0.3 is 12.1 Å². The summed E-state index contributed by atoms with van der Waals surface area (Å²) >= 11 is 0. The van der Waals surface area contributed by atoms with Gasteiger partial charge in [-0.05, 0) is 36.3 Å². The molecule has 1 unspecified atom stereocenters. The maximum absolute atomic E-state index is 13.1. The smallest absolute Gasteiger partial charge is 0.407 e. The number of amides is 2. The number of nitrogens with one attached hydrogen (secondary N) is 1. The number of likely N-dealkylation sites (N-methyl/N-ethyl adjacent to an activating group) is 1. The molecule has 1 saturated heterocycles. The lowest BCUT2D eigenvalue weighted by Crippen LogP contribution is -2.57. The predicted octanol–water partition coefficient (Wildman–Crippen LogP) is 1.89. The van der Waals surface area contributed by atoms with Crippen molar-refractivity contribution in [2.75, 3.05) is 40.3 Å². The summed E-state index contributed by atoms with van der Waals surface area (Å²) in [6, 6.07) is 15.2. The molecule has 0 spiro atoms. The molecular weight excluding hydrogens is 450 g/mol. The molecule has 2 amide bonds.